The molecule has 0 atom stereocenters. The van der Waals surface area contributed by atoms with Gasteiger partial charge in [-0.25, -0.2) is 9.69 Å². The Labute approximate surface area is 174 Å². The lowest BCUT2D eigenvalue weighted by Crippen LogP contribution is -2.32. The van der Waals surface area contributed by atoms with Crippen LogP contribution >= 0.6 is 11.6 Å². The number of ether oxygens (including phenoxy) is 1. The van der Waals surface area contributed by atoms with Crippen molar-refractivity contribution >= 4 is 40.8 Å². The number of benzene rings is 2. The topological polar surface area (TPSA) is 75.7 Å². The molecule has 2 aromatic rings. The number of esters is 1. The number of anilines is 2. The molecule has 0 unspecified atom stereocenters. The second kappa shape index (κ2) is 8.49. The largest absolute Gasteiger partial charge is 0.462 e. The third-order valence-corrected chi connectivity index (χ3v) is 4.81. The molecule has 2 amide bonds. The van der Waals surface area contributed by atoms with Crippen LogP contribution in [0.15, 0.2) is 53.2 Å². The molecule has 0 spiro atoms. The molecule has 150 valence electrons. The first-order valence-corrected chi connectivity index (χ1v) is 9.61. The fraction of sp³-hybridized carbons (Fsp3) is 0.227. The lowest BCUT2D eigenvalue weighted by Gasteiger charge is -2.16. The highest BCUT2D eigenvalue weighted by Crippen LogP contribution is 2.31. The van der Waals surface area contributed by atoms with E-state index in [1.807, 2.05) is 39.0 Å². The molecule has 2 aromatic carbocycles. The van der Waals surface area contributed by atoms with Crippen molar-refractivity contribution in [2.45, 2.75) is 27.2 Å². The van der Waals surface area contributed by atoms with Crippen LogP contribution < -0.4 is 10.2 Å². The van der Waals surface area contributed by atoms with E-state index in [1.54, 1.807) is 18.2 Å². The zero-order valence-corrected chi connectivity index (χ0v) is 17.2. The zero-order chi connectivity index (χ0) is 21.1. The number of rotatable bonds is 6. The number of carbonyl (C=O) groups is 3. The summed E-state index contributed by atoms with van der Waals surface area (Å²) in [6.45, 7) is 6.00. The number of aryl methyl sites for hydroxylation is 2. The molecule has 6 nitrogen and oxygen atoms in total. The Balaban J connectivity index is 1.88. The van der Waals surface area contributed by atoms with Crippen LogP contribution in [-0.4, -0.2) is 24.4 Å². The van der Waals surface area contributed by atoms with Crippen LogP contribution in [-0.2, 0) is 14.3 Å². The molecule has 0 aliphatic carbocycles. The van der Waals surface area contributed by atoms with Gasteiger partial charge in [-0.15, -0.1) is 0 Å². The molecule has 0 saturated heterocycles. The quantitative estimate of drug-likeness (QED) is 0.565. The molecule has 1 aliphatic heterocycles. The fourth-order valence-corrected chi connectivity index (χ4v) is 3.11. The van der Waals surface area contributed by atoms with Crippen LogP contribution in [0.2, 0.25) is 0 Å². The number of imide groups is 1. The number of hydrogen-bond donors (Lipinski definition) is 1. The van der Waals surface area contributed by atoms with E-state index in [-0.39, 0.29) is 22.0 Å². The Bertz CT molecular complexity index is 1030. The first kappa shape index (κ1) is 20.6. The molecule has 7 heteroatoms. The van der Waals surface area contributed by atoms with Crippen molar-refractivity contribution in [2.75, 3.05) is 16.8 Å². The normalized spacial score (nSPS) is 13.9. The SMILES string of the molecule is CCCOC(=O)c1cccc(N2C(=O)C(Cl)=C(Nc3cc(C)ccc3C)C2=O)c1. The Morgan fingerprint density at radius 2 is 1.86 bits per heavy atom. The maximum Gasteiger partial charge on any atom is 0.338 e. The monoisotopic (exact) mass is 412 g/mol. The number of nitrogens with zero attached hydrogens (tertiary/aromatic N) is 1. The molecule has 0 saturated carbocycles. The molecule has 1 N–H and O–H groups in total. The molecule has 3 rings (SSSR count). The van der Waals surface area contributed by atoms with Crippen molar-refractivity contribution in [3.05, 3.63) is 69.9 Å². The van der Waals surface area contributed by atoms with E-state index in [2.05, 4.69) is 5.32 Å². The molecule has 29 heavy (non-hydrogen) atoms. The van der Waals surface area contributed by atoms with Gasteiger partial charge in [0.05, 0.1) is 17.9 Å². The maximum atomic E-state index is 13.0. The summed E-state index contributed by atoms with van der Waals surface area (Å²) in [6.07, 6.45) is 0.696. The van der Waals surface area contributed by atoms with Crippen LogP contribution in [0.3, 0.4) is 0 Å². The van der Waals surface area contributed by atoms with Gasteiger partial charge >= 0.3 is 5.97 Å². The minimum absolute atomic E-state index is 0.00401. The summed E-state index contributed by atoms with van der Waals surface area (Å²) in [5, 5.41) is 2.79. The van der Waals surface area contributed by atoms with E-state index in [1.165, 1.54) is 6.07 Å². The lowest BCUT2D eigenvalue weighted by atomic mass is 10.1. The average Bonchev–Trinajstić information content (AvgIpc) is 2.92. The molecule has 0 radical (unpaired) electrons. The van der Waals surface area contributed by atoms with Gasteiger partial charge in [0.15, 0.2) is 0 Å². The number of amides is 2. The summed E-state index contributed by atoms with van der Waals surface area (Å²) in [4.78, 5) is 38.7. The number of carbonyl (C=O) groups excluding carboxylic acids is 3. The van der Waals surface area contributed by atoms with Gasteiger partial charge in [-0.05, 0) is 55.7 Å². The van der Waals surface area contributed by atoms with Crippen LogP contribution in [0, 0.1) is 13.8 Å². The summed E-state index contributed by atoms with van der Waals surface area (Å²) < 4.78 is 5.12. The van der Waals surface area contributed by atoms with Crippen molar-refractivity contribution in [1.82, 2.24) is 0 Å². The average molecular weight is 413 g/mol. The molecule has 0 aromatic heterocycles. The first-order valence-electron chi connectivity index (χ1n) is 9.23. The highest BCUT2D eigenvalue weighted by atomic mass is 35.5. The van der Waals surface area contributed by atoms with Gasteiger partial charge in [-0.1, -0.05) is 36.7 Å². The number of halogens is 1. The van der Waals surface area contributed by atoms with Crippen molar-refractivity contribution in [3.8, 4) is 0 Å². The summed E-state index contributed by atoms with van der Waals surface area (Å²) in [6, 6.07) is 11.9. The Hall–Kier alpha value is -3.12. The van der Waals surface area contributed by atoms with Gasteiger partial charge in [0.2, 0.25) is 0 Å². The maximum absolute atomic E-state index is 13.0. The van der Waals surface area contributed by atoms with E-state index in [0.29, 0.717) is 18.7 Å². The van der Waals surface area contributed by atoms with E-state index in [0.717, 1.165) is 16.0 Å². The molecular weight excluding hydrogens is 392 g/mol. The molecule has 0 bridgehead atoms. The van der Waals surface area contributed by atoms with Crippen molar-refractivity contribution < 1.29 is 19.1 Å². The van der Waals surface area contributed by atoms with Gasteiger partial charge in [-0.2, -0.15) is 0 Å². The number of nitrogens with one attached hydrogen (secondary N) is 1. The van der Waals surface area contributed by atoms with E-state index < -0.39 is 17.8 Å². The highest BCUT2D eigenvalue weighted by molar-refractivity contribution is 6.53. The second-order valence-electron chi connectivity index (χ2n) is 6.76. The van der Waals surface area contributed by atoms with Crippen LogP contribution in [0.4, 0.5) is 11.4 Å². The third kappa shape index (κ3) is 4.17. The van der Waals surface area contributed by atoms with E-state index in [9.17, 15) is 14.4 Å². The van der Waals surface area contributed by atoms with Gasteiger partial charge in [-0.3, -0.25) is 9.59 Å². The molecular formula is C22H21ClN2O4. The molecule has 0 fully saturated rings. The van der Waals surface area contributed by atoms with E-state index >= 15 is 0 Å². The van der Waals surface area contributed by atoms with Crippen molar-refractivity contribution in [1.29, 1.82) is 0 Å². The van der Waals surface area contributed by atoms with Crippen LogP contribution in [0.5, 0.6) is 0 Å². The van der Waals surface area contributed by atoms with Crippen LogP contribution in [0.1, 0.15) is 34.8 Å². The predicted molar refractivity (Wildman–Crippen MR) is 112 cm³/mol. The van der Waals surface area contributed by atoms with Gasteiger partial charge < -0.3 is 10.1 Å². The second-order valence-corrected chi connectivity index (χ2v) is 7.14. The smallest absolute Gasteiger partial charge is 0.338 e. The van der Waals surface area contributed by atoms with Crippen LogP contribution in [0.25, 0.3) is 0 Å². The minimum Gasteiger partial charge on any atom is -0.462 e. The first-order chi connectivity index (χ1) is 13.8. The van der Waals surface area contributed by atoms with Crippen molar-refractivity contribution in [3.63, 3.8) is 0 Å². The molecule has 1 aliphatic rings. The summed E-state index contributed by atoms with van der Waals surface area (Å²) in [5.41, 5.74) is 3.11. The number of hydrogen-bond acceptors (Lipinski definition) is 5. The summed E-state index contributed by atoms with van der Waals surface area (Å²) in [7, 11) is 0. The van der Waals surface area contributed by atoms with Gasteiger partial charge in [0.1, 0.15) is 10.7 Å². The van der Waals surface area contributed by atoms with Crippen molar-refractivity contribution in [2.24, 2.45) is 0 Å². The summed E-state index contributed by atoms with van der Waals surface area (Å²) in [5.74, 6) is -1.75. The fourth-order valence-electron chi connectivity index (χ4n) is 2.90. The highest BCUT2D eigenvalue weighted by Gasteiger charge is 2.39. The standard InChI is InChI=1S/C22H21ClN2O4/c1-4-10-29-22(28)15-6-5-7-16(12-15)25-20(26)18(23)19(21(25)27)24-17-11-13(2)8-9-14(17)3/h5-9,11-12,24H,4,10H2,1-3H3. The predicted octanol–water partition coefficient (Wildman–Crippen LogP) is 4.31. The third-order valence-electron chi connectivity index (χ3n) is 4.46. The van der Waals surface area contributed by atoms with Gasteiger partial charge in [0.25, 0.3) is 11.8 Å². The lowest BCUT2D eigenvalue weighted by molar-refractivity contribution is -0.120. The zero-order valence-electron chi connectivity index (χ0n) is 16.4. The Morgan fingerprint density at radius 3 is 2.59 bits per heavy atom. The Morgan fingerprint density at radius 1 is 1.10 bits per heavy atom. The summed E-state index contributed by atoms with van der Waals surface area (Å²) >= 11 is 6.19. The molecule has 1 heterocycles. The van der Waals surface area contributed by atoms with E-state index in [4.69, 9.17) is 16.3 Å². The Kier molecular flexibility index (Phi) is 6.03. The minimum atomic E-state index is -0.649. The van der Waals surface area contributed by atoms with Gasteiger partial charge in [0, 0.05) is 5.69 Å².